The summed E-state index contributed by atoms with van der Waals surface area (Å²) in [5, 5.41) is 4.17. The predicted octanol–water partition coefficient (Wildman–Crippen LogP) is 2.56. The summed E-state index contributed by atoms with van der Waals surface area (Å²) in [6.45, 7) is 3.08. The van der Waals surface area contributed by atoms with E-state index in [0.29, 0.717) is 0 Å². The molecule has 2 aromatic heterocycles. The Morgan fingerprint density at radius 1 is 1.38 bits per heavy atom. The summed E-state index contributed by atoms with van der Waals surface area (Å²) < 4.78 is 1.95. The number of hydrogen-bond acceptors (Lipinski definition) is 2. The van der Waals surface area contributed by atoms with Gasteiger partial charge in [-0.05, 0) is 24.6 Å². The van der Waals surface area contributed by atoms with Gasteiger partial charge in [-0.2, -0.15) is 5.10 Å². The second kappa shape index (κ2) is 3.75. The van der Waals surface area contributed by atoms with Gasteiger partial charge in [0, 0.05) is 22.1 Å². The van der Waals surface area contributed by atoms with Crippen LogP contribution in [0.1, 0.15) is 16.7 Å². The number of thiophene rings is 1. The number of aromatic nitrogens is 2. The van der Waals surface area contributed by atoms with Crippen LogP contribution in [0, 0.1) is 0 Å². The lowest BCUT2D eigenvalue weighted by molar-refractivity contribution is 0.695. The third-order valence-corrected chi connectivity index (χ3v) is 3.16. The molecule has 2 heterocycles. The zero-order valence-electron chi connectivity index (χ0n) is 7.60. The zero-order valence-corrected chi connectivity index (χ0v) is 8.42. The molecule has 0 aliphatic heterocycles. The van der Waals surface area contributed by atoms with Gasteiger partial charge < -0.3 is 0 Å². The van der Waals surface area contributed by atoms with Crippen molar-refractivity contribution in [2.75, 3.05) is 0 Å². The quantitative estimate of drug-likeness (QED) is 0.730. The van der Waals surface area contributed by atoms with Gasteiger partial charge in [0.25, 0.3) is 0 Å². The third-order valence-electron chi connectivity index (χ3n) is 1.94. The molecule has 2 rings (SSSR count). The van der Waals surface area contributed by atoms with Gasteiger partial charge in [-0.3, -0.25) is 4.68 Å². The van der Waals surface area contributed by atoms with E-state index in [-0.39, 0.29) is 0 Å². The summed E-state index contributed by atoms with van der Waals surface area (Å²) >= 11 is 1.87. The standard InChI is InChI=1S/C10H12N2S/c1-2-9-4-5-10(13-9)8-12-7-3-6-11-12/h3-7H,2,8H2,1H3. The van der Waals surface area contributed by atoms with Crippen molar-refractivity contribution in [1.82, 2.24) is 9.78 Å². The van der Waals surface area contributed by atoms with E-state index in [0.717, 1.165) is 13.0 Å². The molecule has 0 saturated carbocycles. The van der Waals surface area contributed by atoms with Crippen molar-refractivity contribution >= 4 is 11.3 Å². The second-order valence-electron chi connectivity index (χ2n) is 2.93. The molecule has 0 aromatic carbocycles. The average molecular weight is 192 g/mol. The Hall–Kier alpha value is -1.09. The van der Waals surface area contributed by atoms with E-state index in [9.17, 15) is 0 Å². The molecule has 68 valence electrons. The molecule has 0 aliphatic rings. The predicted molar refractivity (Wildman–Crippen MR) is 55.0 cm³/mol. The van der Waals surface area contributed by atoms with E-state index >= 15 is 0 Å². The highest BCUT2D eigenvalue weighted by atomic mass is 32.1. The molecule has 2 nitrogen and oxygen atoms in total. The number of rotatable bonds is 3. The molecule has 0 bridgehead atoms. The summed E-state index contributed by atoms with van der Waals surface area (Å²) in [7, 11) is 0. The van der Waals surface area contributed by atoms with Crippen molar-refractivity contribution < 1.29 is 0 Å². The van der Waals surface area contributed by atoms with Gasteiger partial charge in [0.2, 0.25) is 0 Å². The van der Waals surface area contributed by atoms with Crippen molar-refractivity contribution in [3.05, 3.63) is 40.3 Å². The maximum atomic E-state index is 4.17. The van der Waals surface area contributed by atoms with Crippen LogP contribution in [0.4, 0.5) is 0 Å². The smallest absolute Gasteiger partial charge is 0.0752 e. The fraction of sp³-hybridized carbons (Fsp3) is 0.300. The lowest BCUT2D eigenvalue weighted by Gasteiger charge is -1.96. The van der Waals surface area contributed by atoms with Crippen LogP contribution in [-0.2, 0) is 13.0 Å². The van der Waals surface area contributed by atoms with Crippen LogP contribution in [0.3, 0.4) is 0 Å². The molecule has 0 saturated heterocycles. The van der Waals surface area contributed by atoms with Gasteiger partial charge in [0.1, 0.15) is 0 Å². The molecule has 13 heavy (non-hydrogen) atoms. The Kier molecular flexibility index (Phi) is 2.45. The molecular formula is C10H12N2S. The molecule has 0 atom stereocenters. The van der Waals surface area contributed by atoms with Gasteiger partial charge in [-0.25, -0.2) is 0 Å². The van der Waals surface area contributed by atoms with E-state index < -0.39 is 0 Å². The number of hydrogen-bond donors (Lipinski definition) is 0. The summed E-state index contributed by atoms with van der Waals surface area (Å²) in [5.41, 5.74) is 0. The summed E-state index contributed by atoms with van der Waals surface area (Å²) in [6.07, 6.45) is 4.93. The van der Waals surface area contributed by atoms with E-state index in [2.05, 4.69) is 24.2 Å². The molecule has 0 N–H and O–H groups in total. The minimum absolute atomic E-state index is 0.900. The molecule has 2 aromatic rings. The number of nitrogens with zero attached hydrogens (tertiary/aromatic N) is 2. The van der Waals surface area contributed by atoms with Crippen LogP contribution < -0.4 is 0 Å². The molecular weight excluding hydrogens is 180 g/mol. The first kappa shape index (κ1) is 8.51. The zero-order chi connectivity index (χ0) is 9.10. The highest BCUT2D eigenvalue weighted by Crippen LogP contribution is 2.17. The molecule has 3 heteroatoms. The first-order valence-corrected chi connectivity index (χ1v) is 5.25. The van der Waals surface area contributed by atoms with Crippen molar-refractivity contribution in [3.63, 3.8) is 0 Å². The highest BCUT2D eigenvalue weighted by Gasteiger charge is 1.98. The minimum Gasteiger partial charge on any atom is -0.268 e. The van der Waals surface area contributed by atoms with E-state index in [1.807, 2.05) is 34.5 Å². The molecule has 0 radical (unpaired) electrons. The van der Waals surface area contributed by atoms with Gasteiger partial charge in [0.15, 0.2) is 0 Å². The van der Waals surface area contributed by atoms with E-state index in [4.69, 9.17) is 0 Å². The van der Waals surface area contributed by atoms with Crippen LogP contribution in [0.2, 0.25) is 0 Å². The fourth-order valence-electron chi connectivity index (χ4n) is 1.25. The van der Waals surface area contributed by atoms with Gasteiger partial charge in [-0.15, -0.1) is 11.3 Å². The monoisotopic (exact) mass is 192 g/mol. The second-order valence-corrected chi connectivity index (χ2v) is 4.18. The van der Waals surface area contributed by atoms with Crippen LogP contribution in [0.25, 0.3) is 0 Å². The van der Waals surface area contributed by atoms with Crippen molar-refractivity contribution in [3.8, 4) is 0 Å². The number of aryl methyl sites for hydroxylation is 1. The van der Waals surface area contributed by atoms with E-state index in [1.165, 1.54) is 9.75 Å². The van der Waals surface area contributed by atoms with Crippen LogP contribution >= 0.6 is 11.3 Å². The maximum Gasteiger partial charge on any atom is 0.0752 e. The normalized spacial score (nSPS) is 10.5. The van der Waals surface area contributed by atoms with Crippen molar-refractivity contribution in [2.24, 2.45) is 0 Å². The van der Waals surface area contributed by atoms with Gasteiger partial charge >= 0.3 is 0 Å². The lowest BCUT2D eigenvalue weighted by atomic mass is 10.4. The Bertz CT molecular complexity index is 362. The third kappa shape index (κ3) is 1.98. The summed E-state index contributed by atoms with van der Waals surface area (Å²) in [6, 6.07) is 6.34. The molecule has 0 fully saturated rings. The Balaban J connectivity index is 2.10. The lowest BCUT2D eigenvalue weighted by Crippen LogP contribution is -1.96. The maximum absolute atomic E-state index is 4.17. The fourth-order valence-corrected chi connectivity index (χ4v) is 2.20. The largest absolute Gasteiger partial charge is 0.268 e. The summed E-state index contributed by atoms with van der Waals surface area (Å²) in [4.78, 5) is 2.82. The first-order chi connectivity index (χ1) is 6.38. The van der Waals surface area contributed by atoms with Crippen molar-refractivity contribution in [2.45, 2.75) is 19.9 Å². The van der Waals surface area contributed by atoms with Crippen molar-refractivity contribution in [1.29, 1.82) is 0 Å². The SMILES string of the molecule is CCc1ccc(Cn2cccn2)s1. The average Bonchev–Trinajstić information content (AvgIpc) is 2.76. The van der Waals surface area contributed by atoms with Gasteiger partial charge in [0.05, 0.1) is 6.54 Å². The van der Waals surface area contributed by atoms with Gasteiger partial charge in [-0.1, -0.05) is 6.92 Å². The molecule has 0 aliphatic carbocycles. The Morgan fingerprint density at radius 2 is 2.23 bits per heavy atom. The molecule has 0 spiro atoms. The topological polar surface area (TPSA) is 17.8 Å². The minimum atomic E-state index is 0.900. The molecule has 0 amide bonds. The Labute approximate surface area is 81.8 Å². The summed E-state index contributed by atoms with van der Waals surface area (Å²) in [5.74, 6) is 0. The Morgan fingerprint density at radius 3 is 2.85 bits per heavy atom. The van der Waals surface area contributed by atoms with Crippen LogP contribution in [0.5, 0.6) is 0 Å². The molecule has 0 unspecified atom stereocenters. The highest BCUT2D eigenvalue weighted by molar-refractivity contribution is 7.11. The first-order valence-electron chi connectivity index (χ1n) is 4.43. The van der Waals surface area contributed by atoms with Crippen LogP contribution in [-0.4, -0.2) is 9.78 Å². The van der Waals surface area contributed by atoms with E-state index in [1.54, 1.807) is 0 Å². The van der Waals surface area contributed by atoms with Crippen LogP contribution in [0.15, 0.2) is 30.6 Å².